The summed E-state index contributed by atoms with van der Waals surface area (Å²) in [6.07, 6.45) is 0. The van der Waals surface area contributed by atoms with E-state index in [1.807, 2.05) is 57.3 Å². The van der Waals surface area contributed by atoms with Crippen molar-refractivity contribution < 1.29 is 4.79 Å². The third-order valence-corrected chi connectivity index (χ3v) is 6.47. The lowest BCUT2D eigenvalue weighted by Gasteiger charge is -2.18. The van der Waals surface area contributed by atoms with Crippen LogP contribution in [0.25, 0.3) is 11.1 Å². The number of H-pyrrole nitrogens is 2. The van der Waals surface area contributed by atoms with Crippen molar-refractivity contribution in [3.8, 4) is 11.1 Å². The van der Waals surface area contributed by atoms with Crippen molar-refractivity contribution in [3.63, 3.8) is 0 Å². The lowest BCUT2D eigenvalue weighted by atomic mass is 10.0. The first-order valence-corrected chi connectivity index (χ1v) is 11.3. The van der Waals surface area contributed by atoms with Crippen molar-refractivity contribution in [1.29, 1.82) is 0 Å². The standard InChI is InChI=1S/C27H27N5O2/c1-16-24(17(2)31-30-16)15-32(3)14-18-12-13-23(26(33)28-18)27(34)29-25-21-10-6-4-8-19(21)20-9-5-7-11-22(20)25/h4-13,25H,14-15H2,1-3H3,(H,28,33)(H,29,34)(H,30,31). The molecule has 2 heterocycles. The number of hydrogen-bond donors (Lipinski definition) is 3. The molecule has 1 aliphatic carbocycles. The summed E-state index contributed by atoms with van der Waals surface area (Å²) in [5.41, 5.74) is 7.93. The highest BCUT2D eigenvalue weighted by Crippen LogP contribution is 2.43. The summed E-state index contributed by atoms with van der Waals surface area (Å²) in [5, 5.41) is 10.3. The molecule has 4 aromatic rings. The van der Waals surface area contributed by atoms with Crippen LogP contribution in [0.2, 0.25) is 0 Å². The number of amides is 1. The van der Waals surface area contributed by atoms with Crippen LogP contribution in [0.15, 0.2) is 65.5 Å². The molecule has 0 aliphatic heterocycles. The van der Waals surface area contributed by atoms with Crippen molar-refractivity contribution in [2.45, 2.75) is 33.0 Å². The van der Waals surface area contributed by atoms with Crippen LogP contribution >= 0.6 is 0 Å². The summed E-state index contributed by atoms with van der Waals surface area (Å²) >= 11 is 0. The van der Waals surface area contributed by atoms with Crippen molar-refractivity contribution in [2.24, 2.45) is 0 Å². The maximum absolute atomic E-state index is 13.1. The van der Waals surface area contributed by atoms with Gasteiger partial charge in [0.05, 0.1) is 11.7 Å². The SMILES string of the molecule is Cc1n[nH]c(C)c1CN(C)Cc1ccc(C(=O)NC2c3ccccc3-c3ccccc32)c(=O)[nH]1. The number of aryl methyl sites for hydroxylation is 2. The Morgan fingerprint density at radius 2 is 1.62 bits per heavy atom. The monoisotopic (exact) mass is 453 g/mol. The summed E-state index contributed by atoms with van der Waals surface area (Å²) in [4.78, 5) is 30.9. The van der Waals surface area contributed by atoms with Gasteiger partial charge in [-0.05, 0) is 55.3 Å². The molecule has 0 fully saturated rings. The van der Waals surface area contributed by atoms with Crippen molar-refractivity contribution in [2.75, 3.05) is 7.05 Å². The maximum Gasteiger partial charge on any atom is 0.261 e. The van der Waals surface area contributed by atoms with Crippen LogP contribution in [0.5, 0.6) is 0 Å². The topological polar surface area (TPSA) is 93.9 Å². The van der Waals surface area contributed by atoms with Gasteiger partial charge < -0.3 is 10.3 Å². The summed E-state index contributed by atoms with van der Waals surface area (Å²) in [5.74, 6) is -0.387. The Bertz CT molecular complexity index is 1370. The fraction of sp³-hybridized carbons (Fsp3) is 0.222. The molecule has 3 N–H and O–H groups in total. The summed E-state index contributed by atoms with van der Waals surface area (Å²) in [6.45, 7) is 5.23. The fourth-order valence-electron chi connectivity index (χ4n) is 4.73. The van der Waals surface area contributed by atoms with Gasteiger partial charge in [0.25, 0.3) is 11.5 Å². The number of pyridine rings is 1. The first kappa shape index (κ1) is 21.9. The van der Waals surface area contributed by atoms with E-state index < -0.39 is 5.56 Å². The first-order valence-electron chi connectivity index (χ1n) is 11.3. The van der Waals surface area contributed by atoms with E-state index in [0.717, 1.165) is 44.9 Å². The largest absolute Gasteiger partial charge is 0.341 e. The van der Waals surface area contributed by atoms with Gasteiger partial charge >= 0.3 is 0 Å². The molecule has 0 atom stereocenters. The minimum Gasteiger partial charge on any atom is -0.341 e. The molecule has 0 saturated heterocycles. The predicted molar refractivity (Wildman–Crippen MR) is 131 cm³/mol. The zero-order valence-corrected chi connectivity index (χ0v) is 19.5. The highest BCUT2D eigenvalue weighted by atomic mass is 16.2. The minimum atomic E-state index is -0.390. The van der Waals surface area contributed by atoms with Gasteiger partial charge in [0.15, 0.2) is 0 Å². The Kier molecular flexibility index (Phi) is 5.63. The Labute approximate surface area is 197 Å². The number of rotatable bonds is 6. The zero-order chi connectivity index (χ0) is 23.8. The van der Waals surface area contributed by atoms with Crippen molar-refractivity contribution in [1.82, 2.24) is 25.4 Å². The Morgan fingerprint density at radius 1 is 0.971 bits per heavy atom. The van der Waals surface area contributed by atoms with Gasteiger partial charge in [0.1, 0.15) is 5.56 Å². The number of fused-ring (bicyclic) bond motifs is 3. The number of benzene rings is 2. The molecular weight excluding hydrogens is 426 g/mol. The number of nitrogens with one attached hydrogen (secondary N) is 3. The smallest absolute Gasteiger partial charge is 0.261 e. The van der Waals surface area contributed by atoms with Gasteiger partial charge in [0.2, 0.25) is 0 Å². The van der Waals surface area contributed by atoms with Gasteiger partial charge in [-0.2, -0.15) is 5.10 Å². The molecule has 2 aromatic carbocycles. The van der Waals surface area contributed by atoms with E-state index in [1.165, 1.54) is 0 Å². The van der Waals surface area contributed by atoms with Crippen molar-refractivity contribution >= 4 is 5.91 Å². The second-order valence-electron chi connectivity index (χ2n) is 8.89. The van der Waals surface area contributed by atoms with E-state index in [9.17, 15) is 9.59 Å². The third kappa shape index (κ3) is 3.95. The molecule has 7 heteroatoms. The predicted octanol–water partition coefficient (Wildman–Crippen LogP) is 3.85. The molecule has 7 nitrogen and oxygen atoms in total. The van der Waals surface area contributed by atoms with E-state index in [1.54, 1.807) is 12.1 Å². The number of nitrogens with zero attached hydrogens (tertiary/aromatic N) is 2. The van der Waals surface area contributed by atoms with Gasteiger partial charge in [-0.1, -0.05) is 48.5 Å². The molecule has 0 unspecified atom stereocenters. The second-order valence-corrected chi connectivity index (χ2v) is 8.89. The van der Waals surface area contributed by atoms with Crippen LogP contribution in [0.1, 0.15) is 50.2 Å². The van der Waals surface area contributed by atoms with Crippen LogP contribution in [-0.4, -0.2) is 33.0 Å². The van der Waals surface area contributed by atoms with E-state index in [0.29, 0.717) is 13.1 Å². The van der Waals surface area contributed by atoms with Crippen LogP contribution in [0.3, 0.4) is 0 Å². The normalized spacial score (nSPS) is 12.6. The third-order valence-electron chi connectivity index (χ3n) is 6.47. The highest BCUT2D eigenvalue weighted by molar-refractivity contribution is 5.95. The average molecular weight is 454 g/mol. The van der Waals surface area contributed by atoms with E-state index in [-0.39, 0.29) is 17.5 Å². The summed E-state index contributed by atoms with van der Waals surface area (Å²) < 4.78 is 0. The number of aromatic nitrogens is 3. The molecule has 0 bridgehead atoms. The zero-order valence-electron chi connectivity index (χ0n) is 19.5. The number of hydrogen-bond acceptors (Lipinski definition) is 4. The average Bonchev–Trinajstić information content (AvgIpc) is 3.31. The molecule has 0 saturated carbocycles. The van der Waals surface area contributed by atoms with Gasteiger partial charge in [-0.15, -0.1) is 0 Å². The minimum absolute atomic E-state index is 0.106. The Hall–Kier alpha value is -3.97. The van der Waals surface area contributed by atoms with Gasteiger partial charge in [0, 0.05) is 30.0 Å². The molecule has 1 aliphatic rings. The molecule has 0 spiro atoms. The molecular formula is C27H27N5O2. The van der Waals surface area contributed by atoms with Gasteiger partial charge in [-0.3, -0.25) is 19.6 Å². The molecule has 0 radical (unpaired) electrons. The van der Waals surface area contributed by atoms with E-state index in [4.69, 9.17) is 0 Å². The Morgan fingerprint density at radius 3 is 2.21 bits per heavy atom. The van der Waals surface area contributed by atoms with Crippen LogP contribution in [0, 0.1) is 13.8 Å². The van der Waals surface area contributed by atoms with Crippen LogP contribution in [-0.2, 0) is 13.1 Å². The quantitative estimate of drug-likeness (QED) is 0.413. The van der Waals surface area contributed by atoms with Gasteiger partial charge in [-0.25, -0.2) is 0 Å². The lowest BCUT2D eigenvalue weighted by molar-refractivity contribution is 0.0942. The summed E-state index contributed by atoms with van der Waals surface area (Å²) in [7, 11) is 1.99. The van der Waals surface area contributed by atoms with E-state index in [2.05, 4.69) is 37.5 Å². The first-order chi connectivity index (χ1) is 16.4. The molecule has 1 amide bonds. The number of aromatic amines is 2. The molecule has 172 valence electrons. The summed E-state index contributed by atoms with van der Waals surface area (Å²) in [6, 6.07) is 19.2. The number of carbonyl (C=O) groups excluding carboxylic acids is 1. The Balaban J connectivity index is 1.32. The lowest BCUT2D eigenvalue weighted by Crippen LogP contribution is -2.33. The molecule has 5 rings (SSSR count). The molecule has 34 heavy (non-hydrogen) atoms. The van der Waals surface area contributed by atoms with Crippen LogP contribution in [0.4, 0.5) is 0 Å². The maximum atomic E-state index is 13.1. The van der Waals surface area contributed by atoms with Crippen LogP contribution < -0.4 is 10.9 Å². The number of carbonyl (C=O) groups is 1. The second kappa shape index (κ2) is 8.76. The fourth-order valence-corrected chi connectivity index (χ4v) is 4.73. The highest BCUT2D eigenvalue weighted by Gasteiger charge is 2.29. The molecule has 2 aromatic heterocycles. The van der Waals surface area contributed by atoms with Crippen molar-refractivity contribution in [3.05, 3.63) is 110 Å². The van der Waals surface area contributed by atoms with E-state index >= 15 is 0 Å².